The Labute approximate surface area is 121 Å². The summed E-state index contributed by atoms with van der Waals surface area (Å²) in [4.78, 5) is 0. The van der Waals surface area contributed by atoms with Gasteiger partial charge >= 0.3 is 5.95 Å². The van der Waals surface area contributed by atoms with E-state index in [0.717, 1.165) is 10.9 Å². The van der Waals surface area contributed by atoms with Crippen LogP contribution < -0.4 is 4.74 Å². The standard InChI is InChI=1S/C17H10N2O2/c18-9-12-5-1-2-6-13(12)11-20-17-15(10-19)14-7-3-4-8-16(14)21-17/h1-8H,11H2. The molecule has 0 spiro atoms. The Morgan fingerprint density at radius 2 is 1.71 bits per heavy atom. The zero-order valence-electron chi connectivity index (χ0n) is 11.0. The summed E-state index contributed by atoms with van der Waals surface area (Å²) in [6.45, 7) is 0.179. The fraction of sp³-hybridized carbons (Fsp3) is 0.0588. The smallest absolute Gasteiger partial charge is 0.304 e. The first kappa shape index (κ1) is 12.8. The Morgan fingerprint density at radius 3 is 2.52 bits per heavy atom. The molecule has 0 fully saturated rings. The maximum atomic E-state index is 9.26. The second-order valence-corrected chi connectivity index (χ2v) is 4.43. The van der Waals surface area contributed by atoms with Gasteiger partial charge in [-0.15, -0.1) is 0 Å². The lowest BCUT2D eigenvalue weighted by Gasteiger charge is -2.04. The monoisotopic (exact) mass is 274 g/mol. The van der Waals surface area contributed by atoms with Crippen LogP contribution in [0.25, 0.3) is 11.0 Å². The molecule has 0 unspecified atom stereocenters. The highest BCUT2D eigenvalue weighted by Crippen LogP contribution is 2.31. The van der Waals surface area contributed by atoms with E-state index in [1.165, 1.54) is 0 Å². The largest absolute Gasteiger partial charge is 0.459 e. The first-order chi connectivity index (χ1) is 10.3. The van der Waals surface area contributed by atoms with Crippen molar-refractivity contribution in [2.24, 2.45) is 0 Å². The van der Waals surface area contributed by atoms with Gasteiger partial charge in [0.15, 0.2) is 0 Å². The molecule has 2 aromatic carbocycles. The Kier molecular flexibility index (Phi) is 3.29. The number of nitriles is 2. The van der Waals surface area contributed by atoms with Gasteiger partial charge in [0.1, 0.15) is 23.8 Å². The number of furan rings is 1. The summed E-state index contributed by atoms with van der Waals surface area (Å²) >= 11 is 0. The molecule has 1 heterocycles. The fourth-order valence-corrected chi connectivity index (χ4v) is 2.13. The van der Waals surface area contributed by atoms with Gasteiger partial charge in [0, 0.05) is 10.9 Å². The van der Waals surface area contributed by atoms with Crippen LogP contribution in [-0.2, 0) is 6.61 Å². The van der Waals surface area contributed by atoms with Gasteiger partial charge in [-0.3, -0.25) is 0 Å². The molecule has 0 saturated heterocycles. The number of hydrogen-bond acceptors (Lipinski definition) is 4. The van der Waals surface area contributed by atoms with Crippen molar-refractivity contribution in [1.29, 1.82) is 10.5 Å². The predicted molar refractivity (Wildman–Crippen MR) is 76.4 cm³/mol. The van der Waals surface area contributed by atoms with E-state index in [1.807, 2.05) is 30.3 Å². The lowest BCUT2D eigenvalue weighted by molar-refractivity contribution is 0.238. The highest BCUT2D eigenvalue weighted by atomic mass is 16.6. The molecule has 0 N–H and O–H groups in total. The summed E-state index contributed by atoms with van der Waals surface area (Å²) < 4.78 is 11.2. The van der Waals surface area contributed by atoms with Crippen molar-refractivity contribution in [1.82, 2.24) is 0 Å². The molecule has 0 radical (unpaired) electrons. The first-order valence-electron chi connectivity index (χ1n) is 6.36. The van der Waals surface area contributed by atoms with E-state index < -0.39 is 0 Å². The summed E-state index contributed by atoms with van der Waals surface area (Å²) in [6, 6.07) is 18.7. The van der Waals surface area contributed by atoms with Crippen LogP contribution >= 0.6 is 0 Å². The molecule has 3 rings (SSSR count). The molecular formula is C17H10N2O2. The summed E-state index contributed by atoms with van der Waals surface area (Å²) in [7, 11) is 0. The van der Waals surface area contributed by atoms with E-state index in [2.05, 4.69) is 12.1 Å². The second kappa shape index (κ2) is 5.40. The quantitative estimate of drug-likeness (QED) is 0.729. The molecule has 4 nitrogen and oxygen atoms in total. The van der Waals surface area contributed by atoms with Crippen LogP contribution in [0.1, 0.15) is 16.7 Å². The SMILES string of the molecule is N#Cc1ccccc1COc1oc2ccccc2c1C#N. The minimum absolute atomic E-state index is 0.179. The number of nitrogens with zero attached hydrogens (tertiary/aromatic N) is 2. The minimum Gasteiger partial charge on any atom is -0.459 e. The molecule has 0 atom stereocenters. The topological polar surface area (TPSA) is 69.9 Å². The average Bonchev–Trinajstić information content (AvgIpc) is 2.90. The van der Waals surface area contributed by atoms with Crippen molar-refractivity contribution < 1.29 is 9.15 Å². The summed E-state index contributed by atoms with van der Waals surface area (Å²) in [6.07, 6.45) is 0. The van der Waals surface area contributed by atoms with E-state index in [-0.39, 0.29) is 12.6 Å². The van der Waals surface area contributed by atoms with Crippen molar-refractivity contribution in [3.8, 4) is 18.1 Å². The van der Waals surface area contributed by atoms with E-state index in [9.17, 15) is 5.26 Å². The fourth-order valence-electron chi connectivity index (χ4n) is 2.13. The van der Waals surface area contributed by atoms with Gasteiger partial charge in [-0.2, -0.15) is 10.5 Å². The normalized spacial score (nSPS) is 10.0. The Balaban J connectivity index is 1.93. The number of para-hydroxylation sites is 1. The Bertz CT molecular complexity index is 882. The van der Waals surface area contributed by atoms with Crippen LogP contribution in [0, 0.1) is 22.7 Å². The molecular weight excluding hydrogens is 264 g/mol. The molecule has 0 bridgehead atoms. The van der Waals surface area contributed by atoms with Crippen LogP contribution in [0.5, 0.6) is 5.95 Å². The molecule has 100 valence electrons. The van der Waals surface area contributed by atoms with Crippen LogP contribution in [0.2, 0.25) is 0 Å². The van der Waals surface area contributed by atoms with Crippen molar-refractivity contribution in [2.75, 3.05) is 0 Å². The first-order valence-corrected chi connectivity index (χ1v) is 6.36. The van der Waals surface area contributed by atoms with Gasteiger partial charge in [0.05, 0.1) is 11.6 Å². The van der Waals surface area contributed by atoms with Crippen LogP contribution in [-0.4, -0.2) is 0 Å². The summed E-state index contributed by atoms with van der Waals surface area (Å²) in [5.74, 6) is 0.187. The third-order valence-electron chi connectivity index (χ3n) is 3.17. The zero-order valence-corrected chi connectivity index (χ0v) is 11.0. The summed E-state index contributed by atoms with van der Waals surface area (Å²) in [5.41, 5.74) is 2.29. The Morgan fingerprint density at radius 1 is 0.952 bits per heavy atom. The average molecular weight is 274 g/mol. The van der Waals surface area contributed by atoms with Crippen LogP contribution in [0.15, 0.2) is 52.9 Å². The highest BCUT2D eigenvalue weighted by Gasteiger charge is 2.15. The lowest BCUT2D eigenvalue weighted by atomic mass is 10.1. The minimum atomic E-state index is 0.179. The van der Waals surface area contributed by atoms with Gasteiger partial charge in [-0.25, -0.2) is 0 Å². The van der Waals surface area contributed by atoms with Gasteiger partial charge in [-0.1, -0.05) is 30.3 Å². The van der Waals surface area contributed by atoms with Crippen molar-refractivity contribution in [3.05, 3.63) is 65.2 Å². The molecule has 4 heteroatoms. The number of fused-ring (bicyclic) bond motifs is 1. The molecule has 0 aliphatic carbocycles. The lowest BCUT2D eigenvalue weighted by Crippen LogP contribution is -1.98. The van der Waals surface area contributed by atoms with E-state index in [1.54, 1.807) is 18.2 Å². The Hall–Kier alpha value is -3.24. The van der Waals surface area contributed by atoms with Crippen molar-refractivity contribution >= 4 is 11.0 Å². The number of ether oxygens (including phenoxy) is 1. The van der Waals surface area contributed by atoms with E-state index in [4.69, 9.17) is 14.4 Å². The predicted octanol–water partition coefficient (Wildman–Crippen LogP) is 3.76. The van der Waals surface area contributed by atoms with Crippen molar-refractivity contribution in [2.45, 2.75) is 6.61 Å². The van der Waals surface area contributed by atoms with Gasteiger partial charge < -0.3 is 9.15 Å². The third kappa shape index (κ3) is 2.31. The zero-order chi connectivity index (χ0) is 14.7. The van der Waals surface area contributed by atoms with Crippen molar-refractivity contribution in [3.63, 3.8) is 0 Å². The highest BCUT2D eigenvalue weighted by molar-refractivity contribution is 5.86. The van der Waals surface area contributed by atoms with Crippen LogP contribution in [0.4, 0.5) is 0 Å². The van der Waals surface area contributed by atoms with E-state index >= 15 is 0 Å². The van der Waals surface area contributed by atoms with Gasteiger partial charge in [0.2, 0.25) is 0 Å². The molecule has 0 aliphatic rings. The number of rotatable bonds is 3. The number of hydrogen-bond donors (Lipinski definition) is 0. The van der Waals surface area contributed by atoms with Gasteiger partial charge in [0.25, 0.3) is 0 Å². The molecule has 1 aromatic heterocycles. The van der Waals surface area contributed by atoms with E-state index in [0.29, 0.717) is 16.7 Å². The molecule has 0 amide bonds. The number of benzene rings is 2. The maximum Gasteiger partial charge on any atom is 0.304 e. The van der Waals surface area contributed by atoms with Crippen LogP contribution in [0.3, 0.4) is 0 Å². The molecule has 3 aromatic rings. The maximum absolute atomic E-state index is 9.26. The third-order valence-corrected chi connectivity index (χ3v) is 3.17. The summed E-state index contributed by atoms with van der Waals surface area (Å²) in [5, 5.41) is 19.0. The molecule has 0 saturated carbocycles. The molecule has 0 aliphatic heterocycles. The molecule has 21 heavy (non-hydrogen) atoms. The van der Waals surface area contributed by atoms with Gasteiger partial charge in [-0.05, 0) is 18.2 Å². The second-order valence-electron chi connectivity index (χ2n) is 4.43.